The number of Topliss-reactive ketones (excluding diaryl/α,β-unsaturated/α-hetero) is 1. The van der Waals surface area contributed by atoms with Gasteiger partial charge in [0.25, 0.3) is 0 Å². The number of rotatable bonds is 3. The summed E-state index contributed by atoms with van der Waals surface area (Å²) in [7, 11) is 0. The van der Waals surface area contributed by atoms with Gasteiger partial charge in [-0.25, -0.2) is 0 Å². The van der Waals surface area contributed by atoms with E-state index in [-0.39, 0.29) is 5.03 Å². The Kier molecular flexibility index (Phi) is 3.82. The zero-order valence-electron chi connectivity index (χ0n) is 7.40. The number of carbonyl (C=O) groups is 1. The van der Waals surface area contributed by atoms with Gasteiger partial charge in [0.15, 0.2) is 4.33 Å². The molecule has 4 heteroatoms. The molecule has 1 aliphatic carbocycles. The van der Waals surface area contributed by atoms with E-state index in [2.05, 4.69) is 6.58 Å². The first kappa shape index (κ1) is 11.8. The van der Waals surface area contributed by atoms with E-state index in [1.54, 1.807) is 12.2 Å². The molecule has 0 aromatic rings. The fraction of sp³-hybridized carbons (Fsp3) is 0.300. The van der Waals surface area contributed by atoms with Crippen molar-refractivity contribution in [1.82, 2.24) is 0 Å². The first-order valence-electron chi connectivity index (χ1n) is 4.10. The van der Waals surface area contributed by atoms with Gasteiger partial charge in [0.2, 0.25) is 5.78 Å². The van der Waals surface area contributed by atoms with Crippen molar-refractivity contribution in [2.45, 2.75) is 17.2 Å². The number of ketones is 1. The van der Waals surface area contributed by atoms with Crippen LogP contribution in [0.5, 0.6) is 0 Å². The van der Waals surface area contributed by atoms with Crippen molar-refractivity contribution in [3.8, 4) is 0 Å². The summed E-state index contributed by atoms with van der Waals surface area (Å²) in [5.74, 6) is -0.455. The third-order valence-corrected chi connectivity index (χ3v) is 2.91. The van der Waals surface area contributed by atoms with E-state index < -0.39 is 10.1 Å². The molecule has 0 heterocycles. The Morgan fingerprint density at radius 1 is 1.50 bits per heavy atom. The largest absolute Gasteiger partial charge is 0.289 e. The van der Waals surface area contributed by atoms with E-state index in [1.165, 1.54) is 6.08 Å². The van der Waals surface area contributed by atoms with Gasteiger partial charge in [-0.3, -0.25) is 4.79 Å². The van der Waals surface area contributed by atoms with Crippen molar-refractivity contribution in [2.24, 2.45) is 0 Å². The number of hydrogen-bond donors (Lipinski definition) is 0. The van der Waals surface area contributed by atoms with Crippen LogP contribution in [-0.4, -0.2) is 10.1 Å². The normalized spacial score (nSPS) is 20.1. The molecule has 0 amide bonds. The van der Waals surface area contributed by atoms with Gasteiger partial charge in [0, 0.05) is 0 Å². The maximum absolute atomic E-state index is 11.5. The van der Waals surface area contributed by atoms with Crippen molar-refractivity contribution in [1.29, 1.82) is 0 Å². The van der Waals surface area contributed by atoms with E-state index in [0.29, 0.717) is 6.42 Å². The standard InChI is InChI=1S/C10H9Cl3O/c1-2-3-4-7-5-6-10(12,13)9(14)8(7)11/h2,5-6H,1,3-4H2. The summed E-state index contributed by atoms with van der Waals surface area (Å²) in [5.41, 5.74) is 0.758. The molecule has 0 saturated heterocycles. The fourth-order valence-corrected chi connectivity index (χ4v) is 1.82. The van der Waals surface area contributed by atoms with Crippen LogP contribution in [0.25, 0.3) is 0 Å². The predicted octanol–water partition coefficient (Wildman–Crippen LogP) is 3.76. The lowest BCUT2D eigenvalue weighted by Crippen LogP contribution is -2.26. The molecule has 0 spiro atoms. The highest BCUT2D eigenvalue weighted by Gasteiger charge is 2.36. The van der Waals surface area contributed by atoms with Crippen molar-refractivity contribution in [3.63, 3.8) is 0 Å². The van der Waals surface area contributed by atoms with E-state index in [9.17, 15) is 4.79 Å². The zero-order chi connectivity index (χ0) is 10.8. The molecule has 14 heavy (non-hydrogen) atoms. The molecule has 0 fully saturated rings. The number of hydrogen-bond acceptors (Lipinski definition) is 1. The Morgan fingerprint density at radius 3 is 2.71 bits per heavy atom. The summed E-state index contributed by atoms with van der Waals surface area (Å²) in [6.45, 7) is 3.59. The van der Waals surface area contributed by atoms with Crippen LogP contribution in [0.1, 0.15) is 12.8 Å². The topological polar surface area (TPSA) is 17.1 Å². The lowest BCUT2D eigenvalue weighted by Gasteiger charge is -2.19. The summed E-state index contributed by atoms with van der Waals surface area (Å²) in [6, 6.07) is 0. The average molecular weight is 252 g/mol. The monoisotopic (exact) mass is 250 g/mol. The minimum absolute atomic E-state index is 0.124. The van der Waals surface area contributed by atoms with E-state index in [4.69, 9.17) is 34.8 Å². The van der Waals surface area contributed by atoms with Crippen LogP contribution in [0.3, 0.4) is 0 Å². The molecule has 1 rings (SSSR count). The molecule has 0 N–H and O–H groups in total. The minimum Gasteiger partial charge on any atom is -0.289 e. The molecule has 0 unspecified atom stereocenters. The fourth-order valence-electron chi connectivity index (χ4n) is 1.10. The second-order valence-electron chi connectivity index (χ2n) is 2.95. The number of alkyl halides is 2. The molecular formula is C10H9Cl3O. The van der Waals surface area contributed by atoms with Crippen LogP contribution in [0.15, 0.2) is 35.4 Å². The zero-order valence-corrected chi connectivity index (χ0v) is 9.66. The van der Waals surface area contributed by atoms with Gasteiger partial charge < -0.3 is 0 Å². The highest BCUT2D eigenvalue weighted by molar-refractivity contribution is 6.65. The first-order valence-corrected chi connectivity index (χ1v) is 5.24. The van der Waals surface area contributed by atoms with Crippen LogP contribution in [0.2, 0.25) is 0 Å². The number of halogens is 3. The lowest BCUT2D eigenvalue weighted by molar-refractivity contribution is -0.114. The third kappa shape index (κ3) is 2.41. The van der Waals surface area contributed by atoms with Gasteiger partial charge in [0.05, 0.1) is 5.03 Å². The molecule has 0 aliphatic heterocycles. The van der Waals surface area contributed by atoms with E-state index >= 15 is 0 Å². The SMILES string of the molecule is C=CCCC1=C(Cl)C(=O)C(Cl)(Cl)C=C1. The quantitative estimate of drug-likeness (QED) is 0.551. The van der Waals surface area contributed by atoms with Crippen LogP contribution >= 0.6 is 34.8 Å². The molecular weight excluding hydrogens is 242 g/mol. The van der Waals surface area contributed by atoms with Gasteiger partial charge >= 0.3 is 0 Å². The maximum Gasteiger partial charge on any atom is 0.214 e. The molecule has 76 valence electrons. The minimum atomic E-state index is -1.51. The molecule has 1 aliphatic rings. The molecule has 1 nitrogen and oxygen atoms in total. The Labute approximate surface area is 98.0 Å². The molecule has 0 atom stereocenters. The summed E-state index contributed by atoms with van der Waals surface area (Å²) in [6.07, 6.45) is 6.34. The summed E-state index contributed by atoms with van der Waals surface area (Å²) >= 11 is 17.2. The Balaban J connectivity index is 2.89. The predicted molar refractivity (Wildman–Crippen MR) is 60.9 cm³/mol. The lowest BCUT2D eigenvalue weighted by atomic mass is 10.0. The average Bonchev–Trinajstić information content (AvgIpc) is 2.14. The molecule has 0 radical (unpaired) electrons. The maximum atomic E-state index is 11.5. The second kappa shape index (κ2) is 4.52. The van der Waals surface area contributed by atoms with Crippen molar-refractivity contribution >= 4 is 40.6 Å². The summed E-state index contributed by atoms with van der Waals surface area (Å²) in [4.78, 5) is 11.5. The van der Waals surface area contributed by atoms with Gasteiger partial charge in [-0.1, -0.05) is 47.0 Å². The van der Waals surface area contributed by atoms with Crippen LogP contribution < -0.4 is 0 Å². The van der Waals surface area contributed by atoms with E-state index in [1.807, 2.05) is 0 Å². The summed E-state index contributed by atoms with van der Waals surface area (Å²) < 4.78 is -1.51. The number of carbonyl (C=O) groups excluding carboxylic acids is 1. The van der Waals surface area contributed by atoms with Crippen LogP contribution in [0, 0.1) is 0 Å². The van der Waals surface area contributed by atoms with Gasteiger partial charge in [-0.05, 0) is 24.5 Å². The van der Waals surface area contributed by atoms with Gasteiger partial charge in [-0.15, -0.1) is 6.58 Å². The highest BCUT2D eigenvalue weighted by Crippen LogP contribution is 2.35. The molecule has 0 aromatic carbocycles. The number of allylic oxidation sites excluding steroid dienone is 5. The third-order valence-electron chi connectivity index (χ3n) is 1.90. The first-order chi connectivity index (χ1) is 6.49. The summed E-state index contributed by atoms with van der Waals surface area (Å²) in [5, 5.41) is 0.124. The molecule has 0 aromatic heterocycles. The van der Waals surface area contributed by atoms with Gasteiger partial charge in [-0.2, -0.15) is 0 Å². The molecule has 0 saturated carbocycles. The van der Waals surface area contributed by atoms with Gasteiger partial charge in [0.1, 0.15) is 0 Å². The van der Waals surface area contributed by atoms with Crippen molar-refractivity contribution in [2.75, 3.05) is 0 Å². The van der Waals surface area contributed by atoms with Crippen molar-refractivity contribution in [3.05, 3.63) is 35.4 Å². The highest BCUT2D eigenvalue weighted by atomic mass is 35.5. The van der Waals surface area contributed by atoms with Crippen LogP contribution in [-0.2, 0) is 4.79 Å². The Hall–Kier alpha value is -0.240. The molecule has 0 bridgehead atoms. The Bertz CT molecular complexity index is 326. The Morgan fingerprint density at radius 2 is 2.14 bits per heavy atom. The van der Waals surface area contributed by atoms with Crippen LogP contribution in [0.4, 0.5) is 0 Å². The van der Waals surface area contributed by atoms with Crippen molar-refractivity contribution < 1.29 is 4.79 Å². The second-order valence-corrected chi connectivity index (χ2v) is 4.72. The smallest absolute Gasteiger partial charge is 0.214 e. The van der Waals surface area contributed by atoms with E-state index in [0.717, 1.165) is 12.0 Å².